The fraction of sp³-hybridized carbons (Fsp3) is 0.750. The maximum atomic E-state index is 11.1. The van der Waals surface area contributed by atoms with Crippen LogP contribution in [0, 0.1) is 0 Å². The van der Waals surface area contributed by atoms with Crippen molar-refractivity contribution in [2.75, 3.05) is 13.7 Å². The van der Waals surface area contributed by atoms with Gasteiger partial charge in [-0.15, -0.1) is 0 Å². The Bertz CT molecular complexity index is 185. The lowest BCUT2D eigenvalue weighted by Gasteiger charge is -2.14. The molecule has 0 spiro atoms. The second-order valence-corrected chi connectivity index (χ2v) is 2.60. The van der Waals surface area contributed by atoms with Gasteiger partial charge in [-0.05, 0) is 13.8 Å². The van der Waals surface area contributed by atoms with E-state index in [2.05, 4.69) is 9.47 Å². The molecule has 2 atom stereocenters. The van der Waals surface area contributed by atoms with E-state index in [1.807, 2.05) is 0 Å². The number of hydrogen-bond acceptors (Lipinski definition) is 5. The Morgan fingerprint density at radius 3 is 2.31 bits per heavy atom. The Kier molecular flexibility index (Phi) is 5.25. The molecule has 0 saturated carbocycles. The summed E-state index contributed by atoms with van der Waals surface area (Å²) < 4.78 is 9.29. The van der Waals surface area contributed by atoms with Crippen molar-refractivity contribution >= 4 is 11.8 Å². The molecule has 0 aromatic heterocycles. The monoisotopic (exact) mass is 190 g/mol. The third-order valence-electron chi connectivity index (χ3n) is 1.58. The summed E-state index contributed by atoms with van der Waals surface area (Å²) in [5.41, 5.74) is 0. The highest BCUT2D eigenvalue weighted by atomic mass is 16.6. The van der Waals surface area contributed by atoms with Gasteiger partial charge in [-0.2, -0.15) is 0 Å². The van der Waals surface area contributed by atoms with E-state index in [0.717, 1.165) is 0 Å². The second kappa shape index (κ2) is 5.66. The van der Waals surface area contributed by atoms with Crippen LogP contribution in [0.25, 0.3) is 0 Å². The molecule has 0 amide bonds. The van der Waals surface area contributed by atoms with E-state index < -0.39 is 24.8 Å². The van der Waals surface area contributed by atoms with Crippen molar-refractivity contribution in [3.8, 4) is 0 Å². The molecule has 5 heteroatoms. The number of esters is 1. The molecular formula is C8H14O5. The molecule has 0 radical (unpaired) electrons. The van der Waals surface area contributed by atoms with E-state index in [9.17, 15) is 9.59 Å². The third kappa shape index (κ3) is 4.00. The van der Waals surface area contributed by atoms with Crippen LogP contribution in [0.15, 0.2) is 0 Å². The molecule has 0 aromatic rings. The van der Waals surface area contributed by atoms with Gasteiger partial charge in [-0.25, -0.2) is 4.79 Å². The van der Waals surface area contributed by atoms with Crippen LogP contribution in [-0.2, 0) is 19.1 Å². The molecular weight excluding hydrogens is 176 g/mol. The average molecular weight is 190 g/mol. The number of hydrogen-bond donors (Lipinski definition) is 1. The van der Waals surface area contributed by atoms with Crippen molar-refractivity contribution in [3.63, 3.8) is 0 Å². The molecule has 2 unspecified atom stereocenters. The molecule has 0 heterocycles. The minimum absolute atomic E-state index is 0.249. The zero-order valence-electron chi connectivity index (χ0n) is 7.94. The minimum Gasteiger partial charge on any atom is -0.453 e. The van der Waals surface area contributed by atoms with E-state index in [0.29, 0.717) is 0 Å². The smallest absolute Gasteiger partial charge is 0.338 e. The summed E-state index contributed by atoms with van der Waals surface area (Å²) in [6, 6.07) is 0. The first-order valence-electron chi connectivity index (χ1n) is 3.87. The highest BCUT2D eigenvalue weighted by Crippen LogP contribution is 1.98. The van der Waals surface area contributed by atoms with Crippen LogP contribution >= 0.6 is 0 Å². The fourth-order valence-electron chi connectivity index (χ4n) is 0.578. The zero-order valence-corrected chi connectivity index (χ0v) is 7.94. The van der Waals surface area contributed by atoms with Gasteiger partial charge in [0, 0.05) is 7.11 Å². The highest BCUT2D eigenvalue weighted by molar-refractivity contribution is 5.84. The van der Waals surface area contributed by atoms with Gasteiger partial charge in [0.1, 0.15) is 0 Å². The lowest BCUT2D eigenvalue weighted by atomic mass is 10.3. The van der Waals surface area contributed by atoms with Crippen LogP contribution in [0.4, 0.5) is 0 Å². The first-order valence-corrected chi connectivity index (χ1v) is 3.87. The molecule has 0 aliphatic heterocycles. The van der Waals surface area contributed by atoms with Crippen molar-refractivity contribution in [2.24, 2.45) is 0 Å². The van der Waals surface area contributed by atoms with Crippen LogP contribution in [0.5, 0.6) is 0 Å². The van der Waals surface area contributed by atoms with Gasteiger partial charge in [0.05, 0.1) is 6.61 Å². The molecule has 13 heavy (non-hydrogen) atoms. The summed E-state index contributed by atoms with van der Waals surface area (Å²) in [5, 5.41) is 8.64. The Labute approximate surface area is 76.6 Å². The molecule has 0 bridgehead atoms. The van der Waals surface area contributed by atoms with Gasteiger partial charge in [-0.3, -0.25) is 4.79 Å². The standard InChI is InChI=1S/C8H14O5/c1-5(10)6(2)13-8(11)7(4-9)12-3/h6-7,9H,4H2,1-3H3. The van der Waals surface area contributed by atoms with Crippen LogP contribution in [0.2, 0.25) is 0 Å². The fourth-order valence-corrected chi connectivity index (χ4v) is 0.578. The number of carbonyl (C=O) groups is 2. The van der Waals surface area contributed by atoms with Gasteiger partial charge < -0.3 is 14.6 Å². The van der Waals surface area contributed by atoms with Gasteiger partial charge in [-0.1, -0.05) is 0 Å². The number of ether oxygens (including phenoxy) is 2. The van der Waals surface area contributed by atoms with Gasteiger partial charge in [0.2, 0.25) is 0 Å². The average Bonchev–Trinajstić information content (AvgIpc) is 2.06. The van der Waals surface area contributed by atoms with Crippen molar-refractivity contribution in [1.29, 1.82) is 0 Å². The normalized spacial score (nSPS) is 14.8. The zero-order chi connectivity index (χ0) is 10.4. The minimum atomic E-state index is -1.01. The molecule has 5 nitrogen and oxygen atoms in total. The Morgan fingerprint density at radius 2 is 2.00 bits per heavy atom. The van der Waals surface area contributed by atoms with Crippen molar-refractivity contribution in [3.05, 3.63) is 0 Å². The SMILES string of the molecule is COC(CO)C(=O)OC(C)C(C)=O. The number of ketones is 1. The first kappa shape index (κ1) is 12.1. The van der Waals surface area contributed by atoms with Crippen LogP contribution < -0.4 is 0 Å². The largest absolute Gasteiger partial charge is 0.453 e. The molecule has 76 valence electrons. The number of aliphatic hydroxyl groups is 1. The van der Waals surface area contributed by atoms with E-state index in [-0.39, 0.29) is 5.78 Å². The summed E-state index contributed by atoms with van der Waals surface area (Å²) in [4.78, 5) is 21.8. The number of Topliss-reactive ketones (excluding diaryl/α,β-unsaturated/α-hetero) is 1. The van der Waals surface area contributed by atoms with Crippen molar-refractivity contribution in [2.45, 2.75) is 26.1 Å². The number of aliphatic hydroxyl groups excluding tert-OH is 1. The number of rotatable bonds is 5. The summed E-state index contributed by atoms with van der Waals surface area (Å²) >= 11 is 0. The van der Waals surface area contributed by atoms with Gasteiger partial charge >= 0.3 is 5.97 Å². The summed E-state index contributed by atoms with van der Waals surface area (Å²) in [6.07, 6.45) is -1.81. The summed E-state index contributed by atoms with van der Waals surface area (Å²) in [7, 11) is 1.28. The van der Waals surface area contributed by atoms with Crippen molar-refractivity contribution < 1.29 is 24.2 Å². The maximum absolute atomic E-state index is 11.1. The van der Waals surface area contributed by atoms with E-state index >= 15 is 0 Å². The summed E-state index contributed by atoms with van der Waals surface area (Å²) in [5.74, 6) is -0.978. The van der Waals surface area contributed by atoms with Gasteiger partial charge in [0.15, 0.2) is 18.0 Å². The van der Waals surface area contributed by atoms with Crippen LogP contribution in [-0.4, -0.2) is 42.8 Å². The molecule has 0 aliphatic carbocycles. The first-order chi connectivity index (χ1) is 6.02. The molecule has 0 saturated heterocycles. The van der Waals surface area contributed by atoms with Crippen LogP contribution in [0.3, 0.4) is 0 Å². The van der Waals surface area contributed by atoms with Crippen molar-refractivity contribution in [1.82, 2.24) is 0 Å². The predicted molar refractivity (Wildman–Crippen MR) is 44.1 cm³/mol. The number of methoxy groups -OCH3 is 1. The van der Waals surface area contributed by atoms with E-state index in [1.54, 1.807) is 0 Å². The predicted octanol–water partition coefficient (Wildman–Crippen LogP) is -0.486. The summed E-state index contributed by atoms with van der Waals surface area (Å²) in [6.45, 7) is 2.32. The Balaban J connectivity index is 4.05. The molecule has 0 fully saturated rings. The topological polar surface area (TPSA) is 72.8 Å². The lowest BCUT2D eigenvalue weighted by Crippen LogP contribution is -2.33. The molecule has 0 rings (SSSR count). The molecule has 0 aromatic carbocycles. The van der Waals surface area contributed by atoms with Gasteiger partial charge in [0.25, 0.3) is 0 Å². The lowest BCUT2D eigenvalue weighted by molar-refractivity contribution is -0.165. The Hall–Kier alpha value is -0.940. The number of carbonyl (C=O) groups excluding carboxylic acids is 2. The highest BCUT2D eigenvalue weighted by Gasteiger charge is 2.22. The Morgan fingerprint density at radius 1 is 1.46 bits per heavy atom. The molecule has 0 aliphatic rings. The van der Waals surface area contributed by atoms with Crippen LogP contribution in [0.1, 0.15) is 13.8 Å². The third-order valence-corrected chi connectivity index (χ3v) is 1.58. The quantitative estimate of drug-likeness (QED) is 0.592. The van der Waals surface area contributed by atoms with E-state index in [4.69, 9.17) is 5.11 Å². The molecule has 1 N–H and O–H groups in total. The maximum Gasteiger partial charge on any atom is 0.338 e. The second-order valence-electron chi connectivity index (χ2n) is 2.60. The van der Waals surface area contributed by atoms with E-state index in [1.165, 1.54) is 21.0 Å².